The van der Waals surface area contributed by atoms with Crippen molar-refractivity contribution in [1.29, 1.82) is 0 Å². The van der Waals surface area contributed by atoms with Crippen LogP contribution in [0.3, 0.4) is 0 Å². The maximum Gasteiger partial charge on any atom is 0.303 e. The van der Waals surface area contributed by atoms with E-state index in [-0.39, 0.29) is 18.7 Å². The highest BCUT2D eigenvalue weighted by Gasteiger charge is 2.12. The van der Waals surface area contributed by atoms with Gasteiger partial charge in [-0.2, -0.15) is 0 Å². The van der Waals surface area contributed by atoms with Crippen molar-refractivity contribution in [2.75, 3.05) is 13.6 Å². The molecule has 1 N–H and O–H groups in total. The number of carbonyl (C=O) groups is 2. The molecule has 0 fully saturated rings. The minimum absolute atomic E-state index is 0.0459. The van der Waals surface area contributed by atoms with E-state index in [1.165, 1.54) is 5.56 Å². The Labute approximate surface area is 141 Å². The molecular weight excluding hydrogens is 308 g/mol. The zero-order valence-electron chi connectivity index (χ0n) is 14.0. The Hall–Kier alpha value is -2.63. The summed E-state index contributed by atoms with van der Waals surface area (Å²) in [6, 6.07) is 7.96. The maximum atomic E-state index is 12.0. The van der Waals surface area contributed by atoms with Gasteiger partial charge in [0.15, 0.2) is 11.7 Å². The lowest BCUT2D eigenvalue weighted by molar-refractivity contribution is -0.138. The van der Waals surface area contributed by atoms with E-state index in [0.717, 1.165) is 5.56 Å². The number of oxazole rings is 1. The van der Waals surface area contributed by atoms with Crippen molar-refractivity contribution >= 4 is 11.9 Å². The third kappa shape index (κ3) is 5.22. The van der Waals surface area contributed by atoms with Gasteiger partial charge in [0.25, 0.3) is 0 Å². The fraction of sp³-hybridized carbons (Fsp3) is 0.389. The average molecular weight is 330 g/mol. The highest BCUT2D eigenvalue weighted by molar-refractivity contribution is 5.76. The first-order chi connectivity index (χ1) is 11.5. The predicted molar refractivity (Wildman–Crippen MR) is 89.5 cm³/mol. The Bertz CT molecular complexity index is 691. The quantitative estimate of drug-likeness (QED) is 0.804. The van der Waals surface area contributed by atoms with Crippen LogP contribution in [0.1, 0.15) is 30.7 Å². The molecule has 0 spiro atoms. The van der Waals surface area contributed by atoms with E-state index < -0.39 is 5.97 Å². The highest BCUT2D eigenvalue weighted by Crippen LogP contribution is 2.21. The molecule has 0 aliphatic carbocycles. The minimum atomic E-state index is -0.848. The van der Waals surface area contributed by atoms with E-state index >= 15 is 0 Å². The summed E-state index contributed by atoms with van der Waals surface area (Å²) in [4.78, 5) is 28.3. The normalized spacial score (nSPS) is 10.6. The van der Waals surface area contributed by atoms with Gasteiger partial charge in [-0.05, 0) is 13.3 Å². The molecule has 24 heavy (non-hydrogen) atoms. The molecule has 0 saturated heterocycles. The summed E-state index contributed by atoms with van der Waals surface area (Å²) in [6.07, 6.45) is 2.90. The second-order valence-corrected chi connectivity index (χ2v) is 5.80. The molecule has 0 bridgehead atoms. The van der Waals surface area contributed by atoms with Gasteiger partial charge in [-0.1, -0.05) is 29.8 Å². The number of nitrogens with zero attached hydrogens (tertiary/aromatic N) is 2. The Balaban J connectivity index is 1.83. The van der Waals surface area contributed by atoms with Crippen LogP contribution < -0.4 is 0 Å². The second-order valence-electron chi connectivity index (χ2n) is 5.80. The van der Waals surface area contributed by atoms with Gasteiger partial charge in [0, 0.05) is 38.4 Å². The third-order valence-corrected chi connectivity index (χ3v) is 3.75. The Morgan fingerprint density at radius 3 is 2.58 bits per heavy atom. The number of hydrogen-bond donors (Lipinski definition) is 1. The van der Waals surface area contributed by atoms with Crippen molar-refractivity contribution in [1.82, 2.24) is 9.88 Å². The number of benzene rings is 1. The Morgan fingerprint density at radius 1 is 1.21 bits per heavy atom. The molecule has 1 heterocycles. The molecule has 6 nitrogen and oxygen atoms in total. The number of carboxylic acids is 1. The van der Waals surface area contributed by atoms with Crippen LogP contribution in [0.15, 0.2) is 34.9 Å². The lowest BCUT2D eigenvalue weighted by Crippen LogP contribution is -2.28. The van der Waals surface area contributed by atoms with Crippen LogP contribution in [0.4, 0.5) is 0 Å². The van der Waals surface area contributed by atoms with E-state index in [0.29, 0.717) is 31.0 Å². The second kappa shape index (κ2) is 8.29. The summed E-state index contributed by atoms with van der Waals surface area (Å²) in [5.74, 6) is 0.319. The number of aryl methyl sites for hydroxylation is 2. The van der Waals surface area contributed by atoms with Crippen LogP contribution in [-0.2, 0) is 16.0 Å². The highest BCUT2D eigenvalue weighted by atomic mass is 16.4. The number of rotatable bonds is 8. The van der Waals surface area contributed by atoms with Crippen molar-refractivity contribution in [2.45, 2.75) is 32.6 Å². The van der Waals surface area contributed by atoms with Gasteiger partial charge in [0.2, 0.25) is 5.91 Å². The van der Waals surface area contributed by atoms with Gasteiger partial charge in [0.1, 0.15) is 0 Å². The standard InChI is InChI=1S/C18H22N2O4/c1-13-5-7-14(8-6-13)15-12-19-16(24-15)9-10-17(21)20(2)11-3-4-18(22)23/h5-8,12H,3-4,9-11H2,1-2H3,(H,22,23). The molecule has 0 radical (unpaired) electrons. The first-order valence-electron chi connectivity index (χ1n) is 7.93. The van der Waals surface area contributed by atoms with Crippen LogP contribution in [0, 0.1) is 6.92 Å². The number of hydrogen-bond acceptors (Lipinski definition) is 4. The van der Waals surface area contributed by atoms with Gasteiger partial charge in [-0.15, -0.1) is 0 Å². The van der Waals surface area contributed by atoms with Crippen LogP contribution in [-0.4, -0.2) is 40.5 Å². The summed E-state index contributed by atoms with van der Waals surface area (Å²) in [5, 5.41) is 8.60. The number of amides is 1. The summed E-state index contributed by atoms with van der Waals surface area (Å²) in [5.41, 5.74) is 2.13. The van der Waals surface area contributed by atoms with Crippen LogP contribution in [0.5, 0.6) is 0 Å². The van der Waals surface area contributed by atoms with Gasteiger partial charge in [0.05, 0.1) is 6.20 Å². The predicted octanol–water partition coefficient (Wildman–Crippen LogP) is 2.91. The fourth-order valence-electron chi connectivity index (χ4n) is 2.27. The van der Waals surface area contributed by atoms with E-state index in [4.69, 9.17) is 9.52 Å². The van der Waals surface area contributed by atoms with Gasteiger partial charge in [-0.3, -0.25) is 9.59 Å². The molecule has 0 saturated carbocycles. The van der Waals surface area contributed by atoms with Crippen LogP contribution in [0.2, 0.25) is 0 Å². The molecule has 1 aromatic carbocycles. The molecule has 128 valence electrons. The molecule has 2 aromatic rings. The van der Waals surface area contributed by atoms with Crippen molar-refractivity contribution in [3.63, 3.8) is 0 Å². The Kier molecular flexibility index (Phi) is 6.12. The van der Waals surface area contributed by atoms with E-state index in [1.807, 2.05) is 31.2 Å². The van der Waals surface area contributed by atoms with E-state index in [2.05, 4.69) is 4.98 Å². The van der Waals surface area contributed by atoms with Gasteiger partial charge in [-0.25, -0.2) is 4.98 Å². The van der Waals surface area contributed by atoms with Crippen molar-refractivity contribution in [3.8, 4) is 11.3 Å². The number of carboxylic acid groups (broad SMARTS) is 1. The van der Waals surface area contributed by atoms with E-state index in [1.54, 1.807) is 18.1 Å². The van der Waals surface area contributed by atoms with Gasteiger partial charge >= 0.3 is 5.97 Å². The van der Waals surface area contributed by atoms with Crippen molar-refractivity contribution in [2.24, 2.45) is 0 Å². The zero-order chi connectivity index (χ0) is 17.5. The largest absolute Gasteiger partial charge is 0.481 e. The lowest BCUT2D eigenvalue weighted by atomic mass is 10.1. The molecule has 0 unspecified atom stereocenters. The molecule has 6 heteroatoms. The number of aromatic nitrogens is 1. The molecule has 2 rings (SSSR count). The zero-order valence-corrected chi connectivity index (χ0v) is 14.0. The third-order valence-electron chi connectivity index (χ3n) is 3.75. The van der Waals surface area contributed by atoms with Crippen molar-refractivity contribution < 1.29 is 19.1 Å². The molecule has 0 aliphatic rings. The Morgan fingerprint density at radius 2 is 1.92 bits per heavy atom. The van der Waals surface area contributed by atoms with Gasteiger partial charge < -0.3 is 14.4 Å². The molecule has 0 aliphatic heterocycles. The molecule has 0 atom stereocenters. The summed E-state index contributed by atoms with van der Waals surface area (Å²) in [7, 11) is 1.68. The average Bonchev–Trinajstić information content (AvgIpc) is 3.01. The monoisotopic (exact) mass is 330 g/mol. The SMILES string of the molecule is Cc1ccc(-c2cnc(CCC(=O)N(C)CCCC(=O)O)o2)cc1. The summed E-state index contributed by atoms with van der Waals surface area (Å²) in [6.45, 7) is 2.46. The summed E-state index contributed by atoms with van der Waals surface area (Å²) < 4.78 is 5.69. The molecule has 1 amide bonds. The fourth-order valence-corrected chi connectivity index (χ4v) is 2.27. The smallest absolute Gasteiger partial charge is 0.303 e. The minimum Gasteiger partial charge on any atom is -0.481 e. The molecular formula is C18H22N2O4. The van der Waals surface area contributed by atoms with E-state index in [9.17, 15) is 9.59 Å². The lowest BCUT2D eigenvalue weighted by Gasteiger charge is -2.15. The first-order valence-corrected chi connectivity index (χ1v) is 7.93. The maximum absolute atomic E-state index is 12.0. The van der Waals surface area contributed by atoms with Crippen molar-refractivity contribution in [3.05, 3.63) is 41.9 Å². The number of aliphatic carboxylic acids is 1. The topological polar surface area (TPSA) is 83.6 Å². The number of carbonyl (C=O) groups excluding carboxylic acids is 1. The van der Waals surface area contributed by atoms with Crippen LogP contribution in [0.25, 0.3) is 11.3 Å². The summed E-state index contributed by atoms with van der Waals surface area (Å²) >= 11 is 0. The first kappa shape index (κ1) is 17.7. The van der Waals surface area contributed by atoms with Crippen LogP contribution >= 0.6 is 0 Å². The molecule has 1 aromatic heterocycles.